The Morgan fingerprint density at radius 2 is 2.22 bits per heavy atom. The van der Waals surface area contributed by atoms with Crippen LogP contribution < -0.4 is 5.32 Å². The zero-order valence-corrected chi connectivity index (χ0v) is 13.2. The molecule has 2 aliphatic heterocycles. The minimum Gasteiger partial charge on any atom is -0.316 e. The summed E-state index contributed by atoms with van der Waals surface area (Å²) in [5.41, 5.74) is 0.534. The molecule has 106 valence electrons. The molecule has 2 heterocycles. The van der Waals surface area contributed by atoms with Crippen molar-refractivity contribution in [2.75, 3.05) is 37.7 Å². The van der Waals surface area contributed by atoms with Gasteiger partial charge in [-0.15, -0.1) is 0 Å². The molecule has 2 rings (SSSR count). The maximum Gasteiger partial charge on any atom is 0.0191 e. The third-order valence-corrected chi connectivity index (χ3v) is 6.01. The van der Waals surface area contributed by atoms with Crippen LogP contribution in [-0.2, 0) is 0 Å². The number of hydrogen-bond acceptors (Lipinski definition) is 3. The summed E-state index contributed by atoms with van der Waals surface area (Å²) in [6.45, 7) is 12.2. The molecule has 0 spiro atoms. The summed E-state index contributed by atoms with van der Waals surface area (Å²) >= 11 is 2.16. The monoisotopic (exact) mass is 270 g/mol. The van der Waals surface area contributed by atoms with Crippen molar-refractivity contribution in [3.63, 3.8) is 0 Å². The van der Waals surface area contributed by atoms with E-state index in [-0.39, 0.29) is 0 Å². The van der Waals surface area contributed by atoms with Crippen molar-refractivity contribution in [3.05, 3.63) is 0 Å². The van der Waals surface area contributed by atoms with Gasteiger partial charge < -0.3 is 5.32 Å². The first-order chi connectivity index (χ1) is 8.61. The van der Waals surface area contributed by atoms with Crippen molar-refractivity contribution in [1.29, 1.82) is 0 Å². The average molecular weight is 270 g/mol. The van der Waals surface area contributed by atoms with Crippen molar-refractivity contribution in [2.24, 2.45) is 11.3 Å². The summed E-state index contributed by atoms with van der Waals surface area (Å²) in [5, 5.41) is 3.55. The molecule has 0 saturated carbocycles. The van der Waals surface area contributed by atoms with Crippen molar-refractivity contribution >= 4 is 11.8 Å². The lowest BCUT2D eigenvalue weighted by atomic mass is 9.86. The van der Waals surface area contributed by atoms with E-state index in [1.165, 1.54) is 56.9 Å². The first-order valence-electron chi connectivity index (χ1n) is 7.63. The van der Waals surface area contributed by atoms with Crippen molar-refractivity contribution in [3.8, 4) is 0 Å². The van der Waals surface area contributed by atoms with Crippen LogP contribution in [-0.4, -0.2) is 48.6 Å². The zero-order valence-electron chi connectivity index (χ0n) is 12.4. The zero-order chi connectivity index (χ0) is 13.0. The third-order valence-electron chi connectivity index (χ3n) is 4.41. The summed E-state index contributed by atoms with van der Waals surface area (Å²) in [5.74, 6) is 3.57. The molecule has 0 bridgehead atoms. The van der Waals surface area contributed by atoms with Gasteiger partial charge in [0.25, 0.3) is 0 Å². The van der Waals surface area contributed by atoms with Crippen LogP contribution in [0.2, 0.25) is 0 Å². The van der Waals surface area contributed by atoms with Crippen molar-refractivity contribution < 1.29 is 0 Å². The van der Waals surface area contributed by atoms with Crippen LogP contribution in [0.4, 0.5) is 0 Å². The average Bonchev–Trinajstić information content (AvgIpc) is 2.36. The largest absolute Gasteiger partial charge is 0.316 e. The highest BCUT2D eigenvalue weighted by molar-refractivity contribution is 7.99. The van der Waals surface area contributed by atoms with Crippen LogP contribution in [0.15, 0.2) is 0 Å². The minimum atomic E-state index is 0.534. The second-order valence-corrected chi connectivity index (χ2v) is 7.87. The van der Waals surface area contributed by atoms with Gasteiger partial charge in [0.15, 0.2) is 0 Å². The third kappa shape index (κ3) is 4.14. The molecule has 2 nitrogen and oxygen atoms in total. The number of piperidine rings is 1. The van der Waals surface area contributed by atoms with E-state index in [1.54, 1.807) is 0 Å². The molecule has 2 atom stereocenters. The molecule has 0 aromatic carbocycles. The first-order valence-corrected chi connectivity index (χ1v) is 8.79. The second kappa shape index (κ2) is 6.62. The Kier molecular flexibility index (Phi) is 5.40. The Morgan fingerprint density at radius 3 is 2.83 bits per heavy atom. The molecule has 2 aliphatic rings. The molecule has 0 aliphatic carbocycles. The molecule has 0 aromatic heterocycles. The van der Waals surface area contributed by atoms with Crippen molar-refractivity contribution in [1.82, 2.24) is 10.2 Å². The summed E-state index contributed by atoms with van der Waals surface area (Å²) < 4.78 is 0. The van der Waals surface area contributed by atoms with Gasteiger partial charge in [0.2, 0.25) is 0 Å². The minimum absolute atomic E-state index is 0.534. The van der Waals surface area contributed by atoms with E-state index in [0.29, 0.717) is 5.41 Å². The number of nitrogens with zero attached hydrogens (tertiary/aromatic N) is 1. The highest BCUT2D eigenvalue weighted by Gasteiger charge is 2.32. The van der Waals surface area contributed by atoms with E-state index >= 15 is 0 Å². The fourth-order valence-corrected chi connectivity index (χ4v) is 4.80. The van der Waals surface area contributed by atoms with E-state index < -0.39 is 0 Å². The van der Waals surface area contributed by atoms with Gasteiger partial charge in [-0.25, -0.2) is 0 Å². The Morgan fingerprint density at radius 1 is 1.39 bits per heavy atom. The van der Waals surface area contributed by atoms with Gasteiger partial charge in [-0.3, -0.25) is 4.90 Å². The fraction of sp³-hybridized carbons (Fsp3) is 1.00. The Hall–Kier alpha value is 0.270. The van der Waals surface area contributed by atoms with E-state index in [4.69, 9.17) is 0 Å². The number of rotatable bonds is 4. The molecule has 1 N–H and O–H groups in total. The normalized spacial score (nSPS) is 32.7. The fourth-order valence-electron chi connectivity index (χ4n) is 3.41. The van der Waals surface area contributed by atoms with E-state index in [2.05, 4.69) is 42.7 Å². The van der Waals surface area contributed by atoms with Gasteiger partial charge in [-0.2, -0.15) is 11.8 Å². The maximum absolute atomic E-state index is 3.55. The van der Waals surface area contributed by atoms with Crippen LogP contribution in [0, 0.1) is 11.3 Å². The number of thioether (sulfide) groups is 1. The Bertz CT molecular complexity index is 249. The highest BCUT2D eigenvalue weighted by atomic mass is 32.2. The molecule has 0 amide bonds. The predicted octanol–water partition coefficient (Wildman–Crippen LogP) is 2.84. The molecule has 2 fully saturated rings. The first kappa shape index (κ1) is 14.7. The summed E-state index contributed by atoms with van der Waals surface area (Å²) in [6, 6.07) is 0.811. The predicted molar refractivity (Wildman–Crippen MR) is 82.4 cm³/mol. The lowest BCUT2D eigenvalue weighted by Crippen LogP contribution is -2.47. The van der Waals surface area contributed by atoms with E-state index in [9.17, 15) is 0 Å². The molecule has 2 unspecified atom stereocenters. The molecule has 0 aromatic rings. The standard InChI is InChI=1S/C15H30N2S/c1-4-17(10-13-6-5-7-16-9-13)14-8-15(2,3)12-18-11-14/h13-14,16H,4-12H2,1-3H3. The van der Waals surface area contributed by atoms with E-state index in [0.717, 1.165) is 12.0 Å². The smallest absolute Gasteiger partial charge is 0.0191 e. The second-order valence-electron chi connectivity index (χ2n) is 6.84. The van der Waals surface area contributed by atoms with Crippen LogP contribution >= 0.6 is 11.8 Å². The van der Waals surface area contributed by atoms with Crippen LogP contribution in [0.25, 0.3) is 0 Å². The van der Waals surface area contributed by atoms with Gasteiger partial charge in [-0.1, -0.05) is 20.8 Å². The van der Waals surface area contributed by atoms with Gasteiger partial charge >= 0.3 is 0 Å². The SMILES string of the molecule is CCN(CC1CCCNC1)C1CSCC(C)(C)C1. The van der Waals surface area contributed by atoms with Crippen LogP contribution in [0.1, 0.15) is 40.0 Å². The molecule has 0 radical (unpaired) electrons. The van der Waals surface area contributed by atoms with Crippen LogP contribution in [0.5, 0.6) is 0 Å². The number of hydrogen-bond donors (Lipinski definition) is 1. The van der Waals surface area contributed by atoms with Gasteiger partial charge in [0.1, 0.15) is 0 Å². The maximum atomic E-state index is 3.55. The van der Waals surface area contributed by atoms with Gasteiger partial charge in [0, 0.05) is 18.3 Å². The van der Waals surface area contributed by atoms with Gasteiger partial charge in [-0.05, 0) is 56.0 Å². The molecule has 3 heteroatoms. The topological polar surface area (TPSA) is 15.3 Å². The quantitative estimate of drug-likeness (QED) is 0.846. The van der Waals surface area contributed by atoms with Crippen molar-refractivity contribution in [2.45, 2.75) is 46.1 Å². The Labute approximate surface area is 117 Å². The van der Waals surface area contributed by atoms with Gasteiger partial charge in [0.05, 0.1) is 0 Å². The summed E-state index contributed by atoms with van der Waals surface area (Å²) in [4.78, 5) is 2.76. The highest BCUT2D eigenvalue weighted by Crippen LogP contribution is 2.35. The Balaban J connectivity index is 1.86. The lowest BCUT2D eigenvalue weighted by molar-refractivity contribution is 0.135. The molecule has 18 heavy (non-hydrogen) atoms. The summed E-state index contributed by atoms with van der Waals surface area (Å²) in [6.07, 6.45) is 4.17. The van der Waals surface area contributed by atoms with Crippen LogP contribution in [0.3, 0.4) is 0 Å². The molecular formula is C15H30N2S. The lowest BCUT2D eigenvalue weighted by Gasteiger charge is -2.42. The summed E-state index contributed by atoms with van der Waals surface area (Å²) in [7, 11) is 0. The number of nitrogens with one attached hydrogen (secondary N) is 1. The molecule has 2 saturated heterocycles. The van der Waals surface area contributed by atoms with E-state index in [1.807, 2.05) is 0 Å². The molecular weight excluding hydrogens is 240 g/mol.